The molecule has 0 radical (unpaired) electrons. The highest BCUT2D eigenvalue weighted by Crippen LogP contribution is 2.31. The van der Waals surface area contributed by atoms with Gasteiger partial charge in [0.05, 0.1) is 9.48 Å². The van der Waals surface area contributed by atoms with Gasteiger partial charge in [0.1, 0.15) is 5.01 Å². The molecule has 0 aliphatic heterocycles. The quantitative estimate of drug-likeness (QED) is 0.940. The van der Waals surface area contributed by atoms with Crippen molar-refractivity contribution < 1.29 is 0 Å². The van der Waals surface area contributed by atoms with Crippen LogP contribution >= 0.6 is 27.3 Å². The van der Waals surface area contributed by atoms with E-state index in [1.54, 1.807) is 11.3 Å². The molecule has 1 aromatic heterocycles. The van der Waals surface area contributed by atoms with Crippen molar-refractivity contribution >= 4 is 27.3 Å². The number of aryl methyl sites for hydroxylation is 1. The molecule has 0 aliphatic carbocycles. The number of hydrogen-bond donors (Lipinski definition) is 1. The minimum atomic E-state index is 0.476. The lowest BCUT2D eigenvalue weighted by atomic mass is 10.1. The first-order valence-corrected chi connectivity index (χ1v) is 6.80. The predicted molar refractivity (Wildman–Crippen MR) is 72.5 cm³/mol. The minimum absolute atomic E-state index is 0.476. The van der Waals surface area contributed by atoms with Crippen molar-refractivity contribution in [3.05, 3.63) is 39.3 Å². The van der Waals surface area contributed by atoms with E-state index < -0.39 is 0 Å². The fraction of sp³-hybridized carbons (Fsp3) is 0.250. The summed E-state index contributed by atoms with van der Waals surface area (Å²) in [6.45, 7) is 2.63. The lowest BCUT2D eigenvalue weighted by Gasteiger charge is -1.98. The molecule has 4 heteroatoms. The number of halogens is 1. The van der Waals surface area contributed by atoms with Crippen LogP contribution in [0.5, 0.6) is 0 Å². The Morgan fingerprint density at radius 2 is 2.00 bits per heavy atom. The molecule has 0 amide bonds. The molecule has 0 atom stereocenters. The van der Waals surface area contributed by atoms with E-state index in [1.165, 1.54) is 5.56 Å². The van der Waals surface area contributed by atoms with Gasteiger partial charge in [0.25, 0.3) is 0 Å². The van der Waals surface area contributed by atoms with Crippen molar-refractivity contribution in [3.63, 3.8) is 0 Å². The largest absolute Gasteiger partial charge is 0.325 e. The fourth-order valence-electron chi connectivity index (χ4n) is 1.47. The number of nitrogens with zero attached hydrogens (tertiary/aromatic N) is 1. The van der Waals surface area contributed by atoms with Crippen molar-refractivity contribution in [1.82, 2.24) is 4.98 Å². The molecule has 0 unspecified atom stereocenters. The molecule has 84 valence electrons. The van der Waals surface area contributed by atoms with Crippen LogP contribution in [0.1, 0.15) is 18.2 Å². The van der Waals surface area contributed by atoms with Crippen molar-refractivity contribution in [2.45, 2.75) is 19.9 Å². The standard InChI is InChI=1S/C12H13BrN2S/c1-2-8-3-5-9(6-4-8)12-15-10(7-14)11(13)16-12/h3-6H,2,7,14H2,1H3. The molecule has 0 aliphatic rings. The zero-order chi connectivity index (χ0) is 11.5. The highest BCUT2D eigenvalue weighted by atomic mass is 79.9. The molecule has 16 heavy (non-hydrogen) atoms. The average Bonchev–Trinajstić information content (AvgIpc) is 2.71. The third-order valence-electron chi connectivity index (χ3n) is 2.45. The van der Waals surface area contributed by atoms with Crippen molar-refractivity contribution in [1.29, 1.82) is 0 Å². The molecule has 1 heterocycles. The van der Waals surface area contributed by atoms with Gasteiger partial charge in [-0.1, -0.05) is 31.2 Å². The first-order chi connectivity index (χ1) is 7.74. The van der Waals surface area contributed by atoms with Crippen LogP contribution in [0.25, 0.3) is 10.6 Å². The van der Waals surface area contributed by atoms with Crippen LogP contribution in [-0.2, 0) is 13.0 Å². The monoisotopic (exact) mass is 296 g/mol. The summed E-state index contributed by atoms with van der Waals surface area (Å²) in [5.41, 5.74) is 9.03. The van der Waals surface area contributed by atoms with Crippen LogP contribution < -0.4 is 5.73 Å². The summed E-state index contributed by atoms with van der Waals surface area (Å²) < 4.78 is 1.03. The predicted octanol–water partition coefficient (Wildman–Crippen LogP) is 3.59. The van der Waals surface area contributed by atoms with Crippen molar-refractivity contribution in [3.8, 4) is 10.6 Å². The van der Waals surface area contributed by atoms with Crippen LogP contribution in [0.15, 0.2) is 28.1 Å². The Kier molecular flexibility index (Phi) is 3.74. The Bertz CT molecular complexity index is 476. The van der Waals surface area contributed by atoms with E-state index in [0.29, 0.717) is 6.54 Å². The zero-order valence-electron chi connectivity index (χ0n) is 9.03. The van der Waals surface area contributed by atoms with E-state index in [9.17, 15) is 0 Å². The van der Waals surface area contributed by atoms with Gasteiger partial charge in [-0.3, -0.25) is 0 Å². The van der Waals surface area contributed by atoms with Crippen LogP contribution in [0.2, 0.25) is 0 Å². The third kappa shape index (κ3) is 2.34. The van der Waals surface area contributed by atoms with E-state index in [-0.39, 0.29) is 0 Å². The van der Waals surface area contributed by atoms with E-state index in [1.807, 2.05) is 0 Å². The minimum Gasteiger partial charge on any atom is -0.325 e. The van der Waals surface area contributed by atoms with Gasteiger partial charge in [0, 0.05) is 12.1 Å². The van der Waals surface area contributed by atoms with Crippen LogP contribution in [0.3, 0.4) is 0 Å². The first kappa shape index (κ1) is 11.8. The Hall–Kier alpha value is -0.710. The Morgan fingerprint density at radius 1 is 1.31 bits per heavy atom. The molecule has 2 aromatic rings. The number of hydrogen-bond acceptors (Lipinski definition) is 3. The summed E-state index contributed by atoms with van der Waals surface area (Å²) in [4.78, 5) is 4.50. The van der Waals surface area contributed by atoms with Gasteiger partial charge in [-0.2, -0.15) is 0 Å². The Balaban J connectivity index is 2.34. The average molecular weight is 297 g/mol. The molecule has 0 fully saturated rings. The SMILES string of the molecule is CCc1ccc(-c2nc(CN)c(Br)s2)cc1. The number of aromatic nitrogens is 1. The Labute approximate surface area is 108 Å². The molecule has 1 aromatic carbocycles. The summed E-state index contributed by atoms with van der Waals surface area (Å²) in [6.07, 6.45) is 1.07. The first-order valence-electron chi connectivity index (χ1n) is 5.19. The summed E-state index contributed by atoms with van der Waals surface area (Å²) in [5, 5.41) is 1.02. The molecular formula is C12H13BrN2S. The second-order valence-electron chi connectivity index (χ2n) is 3.49. The van der Waals surface area contributed by atoms with Crippen molar-refractivity contribution in [2.75, 3.05) is 0 Å². The molecule has 2 nitrogen and oxygen atoms in total. The van der Waals surface area contributed by atoms with Gasteiger partial charge in [0.2, 0.25) is 0 Å². The van der Waals surface area contributed by atoms with Gasteiger partial charge < -0.3 is 5.73 Å². The highest BCUT2D eigenvalue weighted by molar-refractivity contribution is 9.11. The normalized spacial score (nSPS) is 10.7. The molecule has 0 saturated carbocycles. The van der Waals surface area contributed by atoms with Gasteiger partial charge in [-0.15, -0.1) is 11.3 Å². The number of benzene rings is 1. The molecule has 2 N–H and O–H groups in total. The summed E-state index contributed by atoms with van der Waals surface area (Å²) in [5.74, 6) is 0. The lowest BCUT2D eigenvalue weighted by Crippen LogP contribution is -1.96. The van der Waals surface area contributed by atoms with E-state index in [4.69, 9.17) is 5.73 Å². The van der Waals surface area contributed by atoms with Gasteiger partial charge in [-0.25, -0.2) is 4.98 Å². The summed E-state index contributed by atoms with van der Waals surface area (Å²) >= 11 is 5.11. The molecule has 0 bridgehead atoms. The number of nitrogens with two attached hydrogens (primary N) is 1. The van der Waals surface area contributed by atoms with E-state index in [2.05, 4.69) is 52.1 Å². The Morgan fingerprint density at radius 3 is 2.50 bits per heavy atom. The lowest BCUT2D eigenvalue weighted by molar-refractivity contribution is 1.01. The van der Waals surface area contributed by atoms with Gasteiger partial charge in [-0.05, 0) is 27.9 Å². The second-order valence-corrected chi connectivity index (χ2v) is 5.81. The van der Waals surface area contributed by atoms with Crippen molar-refractivity contribution in [2.24, 2.45) is 5.73 Å². The van der Waals surface area contributed by atoms with Crippen LogP contribution in [0.4, 0.5) is 0 Å². The van der Waals surface area contributed by atoms with Crippen LogP contribution in [-0.4, -0.2) is 4.98 Å². The number of rotatable bonds is 3. The zero-order valence-corrected chi connectivity index (χ0v) is 11.4. The molecule has 0 spiro atoms. The topological polar surface area (TPSA) is 38.9 Å². The number of thiazole rings is 1. The van der Waals surface area contributed by atoms with E-state index in [0.717, 1.165) is 26.5 Å². The van der Waals surface area contributed by atoms with Gasteiger partial charge >= 0.3 is 0 Å². The maximum absolute atomic E-state index is 5.60. The smallest absolute Gasteiger partial charge is 0.124 e. The fourth-order valence-corrected chi connectivity index (χ4v) is 3.00. The second kappa shape index (κ2) is 5.08. The summed E-state index contributed by atoms with van der Waals surface area (Å²) in [7, 11) is 0. The molecular weight excluding hydrogens is 284 g/mol. The maximum Gasteiger partial charge on any atom is 0.124 e. The summed E-state index contributed by atoms with van der Waals surface area (Å²) in [6, 6.07) is 8.52. The van der Waals surface area contributed by atoms with Gasteiger partial charge in [0.15, 0.2) is 0 Å². The van der Waals surface area contributed by atoms with Crippen LogP contribution in [0, 0.1) is 0 Å². The highest BCUT2D eigenvalue weighted by Gasteiger charge is 2.08. The van der Waals surface area contributed by atoms with E-state index >= 15 is 0 Å². The maximum atomic E-state index is 5.60. The molecule has 2 rings (SSSR count). The molecule has 0 saturated heterocycles. The third-order valence-corrected chi connectivity index (χ3v) is 4.33.